The SMILES string of the molecule is C[C@@H]1CN(C(=O)CC[C@H]2CN(Cc3cccc4ccccc34)CC[C@H]2N2CCOCC2)C[C@H](C)O1. The first-order valence-corrected chi connectivity index (χ1v) is 13.5. The highest BCUT2D eigenvalue weighted by molar-refractivity contribution is 5.85. The summed E-state index contributed by atoms with van der Waals surface area (Å²) in [6, 6.07) is 15.9. The Bertz CT molecular complexity index is 977. The first-order chi connectivity index (χ1) is 17.1. The first-order valence-electron chi connectivity index (χ1n) is 13.5. The largest absolute Gasteiger partial charge is 0.379 e. The van der Waals surface area contributed by atoms with E-state index in [4.69, 9.17) is 9.47 Å². The van der Waals surface area contributed by atoms with Gasteiger partial charge in [0.25, 0.3) is 0 Å². The maximum Gasteiger partial charge on any atom is 0.222 e. The predicted molar refractivity (Wildman–Crippen MR) is 139 cm³/mol. The highest BCUT2D eigenvalue weighted by atomic mass is 16.5. The third-order valence-electron chi connectivity index (χ3n) is 8.07. The Hall–Kier alpha value is -1.99. The number of amides is 1. The van der Waals surface area contributed by atoms with Crippen LogP contribution in [-0.4, -0.2) is 91.3 Å². The molecule has 2 aromatic carbocycles. The van der Waals surface area contributed by atoms with Crippen LogP contribution >= 0.6 is 0 Å². The summed E-state index contributed by atoms with van der Waals surface area (Å²) >= 11 is 0. The van der Waals surface area contributed by atoms with E-state index < -0.39 is 0 Å². The van der Waals surface area contributed by atoms with Crippen LogP contribution in [0.25, 0.3) is 10.8 Å². The highest BCUT2D eigenvalue weighted by Crippen LogP contribution is 2.30. The Balaban J connectivity index is 1.26. The van der Waals surface area contributed by atoms with Crippen molar-refractivity contribution in [3.63, 3.8) is 0 Å². The number of hydrogen-bond donors (Lipinski definition) is 0. The third-order valence-corrected chi connectivity index (χ3v) is 8.07. The molecule has 6 heteroatoms. The van der Waals surface area contributed by atoms with Gasteiger partial charge in [-0.1, -0.05) is 42.5 Å². The zero-order valence-electron chi connectivity index (χ0n) is 21.4. The standard InChI is InChI=1S/C29H41N3O3/c1-22-18-32(19-23(2)35-22)29(33)11-10-26-21-30(13-12-28(26)31-14-16-34-17-15-31)20-25-8-5-7-24-6-3-4-9-27(24)25/h3-9,22-23,26,28H,10-21H2,1-2H3/t22-,23+,26-,28+/m0/s1. The minimum Gasteiger partial charge on any atom is -0.379 e. The van der Waals surface area contributed by atoms with Gasteiger partial charge in [-0.15, -0.1) is 0 Å². The molecular weight excluding hydrogens is 438 g/mol. The molecule has 3 aliphatic heterocycles. The van der Waals surface area contributed by atoms with Crippen LogP contribution in [0.1, 0.15) is 38.7 Å². The second-order valence-electron chi connectivity index (χ2n) is 10.7. The van der Waals surface area contributed by atoms with E-state index in [1.54, 1.807) is 0 Å². The van der Waals surface area contributed by atoms with E-state index in [2.05, 4.69) is 66.1 Å². The lowest BCUT2D eigenvalue weighted by Gasteiger charge is -2.45. The number of rotatable bonds is 6. The van der Waals surface area contributed by atoms with Gasteiger partial charge >= 0.3 is 0 Å². The molecule has 3 fully saturated rings. The molecule has 6 nitrogen and oxygen atoms in total. The molecule has 0 aromatic heterocycles. The van der Waals surface area contributed by atoms with E-state index in [0.29, 0.717) is 37.4 Å². The molecule has 5 rings (SSSR count). The van der Waals surface area contributed by atoms with Crippen molar-refractivity contribution in [3.8, 4) is 0 Å². The number of hydrogen-bond acceptors (Lipinski definition) is 5. The molecule has 1 amide bonds. The Morgan fingerprint density at radius 1 is 0.943 bits per heavy atom. The smallest absolute Gasteiger partial charge is 0.222 e. The zero-order chi connectivity index (χ0) is 24.2. The van der Waals surface area contributed by atoms with Crippen LogP contribution in [0.15, 0.2) is 42.5 Å². The van der Waals surface area contributed by atoms with Crippen LogP contribution in [0.4, 0.5) is 0 Å². The Kier molecular flexibility index (Phi) is 8.03. The van der Waals surface area contributed by atoms with Crippen molar-refractivity contribution in [1.29, 1.82) is 0 Å². The molecule has 3 saturated heterocycles. The second kappa shape index (κ2) is 11.4. The number of piperidine rings is 1. The average molecular weight is 480 g/mol. The number of morpholine rings is 2. The molecule has 2 aromatic rings. The summed E-state index contributed by atoms with van der Waals surface area (Å²) in [5.74, 6) is 0.788. The van der Waals surface area contributed by atoms with E-state index >= 15 is 0 Å². The lowest BCUT2D eigenvalue weighted by atomic mass is 9.86. The van der Waals surface area contributed by atoms with Gasteiger partial charge in [-0.2, -0.15) is 0 Å². The van der Waals surface area contributed by atoms with Gasteiger partial charge in [0.15, 0.2) is 0 Å². The molecule has 3 heterocycles. The average Bonchev–Trinajstić information content (AvgIpc) is 2.87. The Morgan fingerprint density at radius 2 is 1.69 bits per heavy atom. The summed E-state index contributed by atoms with van der Waals surface area (Å²) in [7, 11) is 0. The fraction of sp³-hybridized carbons (Fsp3) is 0.621. The Labute approximate surface area is 210 Å². The van der Waals surface area contributed by atoms with Crippen molar-refractivity contribution >= 4 is 16.7 Å². The lowest BCUT2D eigenvalue weighted by molar-refractivity contribution is -0.143. The topological polar surface area (TPSA) is 45.3 Å². The monoisotopic (exact) mass is 479 g/mol. The van der Waals surface area contributed by atoms with Crippen molar-refractivity contribution in [2.75, 3.05) is 52.5 Å². The van der Waals surface area contributed by atoms with Gasteiger partial charge in [0.2, 0.25) is 5.91 Å². The first kappa shape index (κ1) is 24.7. The molecule has 0 radical (unpaired) electrons. The summed E-state index contributed by atoms with van der Waals surface area (Å²) in [6.07, 6.45) is 2.99. The minimum absolute atomic E-state index is 0.120. The van der Waals surface area contributed by atoms with Crippen LogP contribution in [0.5, 0.6) is 0 Å². The van der Waals surface area contributed by atoms with E-state index in [1.807, 2.05) is 4.90 Å². The lowest BCUT2D eigenvalue weighted by Crippen LogP contribution is -2.54. The maximum atomic E-state index is 13.2. The number of carbonyl (C=O) groups excluding carboxylic acids is 1. The summed E-state index contributed by atoms with van der Waals surface area (Å²) in [5.41, 5.74) is 1.40. The molecule has 190 valence electrons. The highest BCUT2D eigenvalue weighted by Gasteiger charge is 2.35. The third kappa shape index (κ3) is 6.05. The molecule has 4 atom stereocenters. The molecule has 0 saturated carbocycles. The van der Waals surface area contributed by atoms with Gasteiger partial charge in [0.1, 0.15) is 0 Å². The van der Waals surface area contributed by atoms with Crippen molar-refractivity contribution < 1.29 is 14.3 Å². The summed E-state index contributed by atoms with van der Waals surface area (Å²) < 4.78 is 11.5. The number of fused-ring (bicyclic) bond motifs is 1. The van der Waals surface area contributed by atoms with Crippen molar-refractivity contribution in [3.05, 3.63) is 48.0 Å². The molecule has 0 aliphatic carbocycles. The Morgan fingerprint density at radius 3 is 2.49 bits per heavy atom. The summed E-state index contributed by atoms with van der Waals surface area (Å²) in [4.78, 5) is 20.4. The van der Waals surface area contributed by atoms with E-state index in [1.165, 1.54) is 16.3 Å². The van der Waals surface area contributed by atoms with Gasteiger partial charge < -0.3 is 14.4 Å². The van der Waals surface area contributed by atoms with Gasteiger partial charge in [0, 0.05) is 51.7 Å². The molecule has 0 N–H and O–H groups in total. The van der Waals surface area contributed by atoms with Crippen LogP contribution in [-0.2, 0) is 20.8 Å². The quantitative estimate of drug-likeness (QED) is 0.631. The number of carbonyl (C=O) groups is 1. The van der Waals surface area contributed by atoms with Crippen LogP contribution in [0, 0.1) is 5.92 Å². The molecule has 0 unspecified atom stereocenters. The maximum absolute atomic E-state index is 13.2. The summed E-state index contributed by atoms with van der Waals surface area (Å²) in [5, 5.41) is 2.66. The molecule has 35 heavy (non-hydrogen) atoms. The number of benzene rings is 2. The number of ether oxygens (including phenoxy) is 2. The number of likely N-dealkylation sites (tertiary alicyclic amines) is 1. The molecule has 3 aliphatic rings. The van der Waals surface area contributed by atoms with Gasteiger partial charge in [-0.3, -0.25) is 14.6 Å². The normalized spacial score (nSPS) is 28.9. The molecule has 0 spiro atoms. The van der Waals surface area contributed by atoms with Crippen molar-refractivity contribution in [1.82, 2.24) is 14.7 Å². The minimum atomic E-state index is 0.120. The number of nitrogens with zero attached hydrogens (tertiary/aromatic N) is 3. The van der Waals surface area contributed by atoms with Crippen LogP contribution < -0.4 is 0 Å². The van der Waals surface area contributed by atoms with Crippen molar-refractivity contribution in [2.45, 2.75) is 57.9 Å². The van der Waals surface area contributed by atoms with Crippen LogP contribution in [0.3, 0.4) is 0 Å². The van der Waals surface area contributed by atoms with E-state index in [-0.39, 0.29) is 12.2 Å². The predicted octanol–water partition coefficient (Wildman–Crippen LogP) is 3.78. The zero-order valence-corrected chi connectivity index (χ0v) is 21.4. The second-order valence-corrected chi connectivity index (χ2v) is 10.7. The molecule has 0 bridgehead atoms. The van der Waals surface area contributed by atoms with Gasteiger partial charge in [-0.25, -0.2) is 0 Å². The van der Waals surface area contributed by atoms with Crippen LogP contribution in [0.2, 0.25) is 0 Å². The van der Waals surface area contributed by atoms with E-state index in [0.717, 1.165) is 58.8 Å². The van der Waals surface area contributed by atoms with Gasteiger partial charge in [-0.05, 0) is 55.5 Å². The summed E-state index contributed by atoms with van der Waals surface area (Å²) in [6.45, 7) is 12.4. The van der Waals surface area contributed by atoms with Crippen molar-refractivity contribution in [2.24, 2.45) is 5.92 Å². The molecular formula is C29H41N3O3. The van der Waals surface area contributed by atoms with Gasteiger partial charge in [0.05, 0.1) is 25.4 Å². The van der Waals surface area contributed by atoms with E-state index in [9.17, 15) is 4.79 Å². The fourth-order valence-electron chi connectivity index (χ4n) is 6.43. The fourth-order valence-corrected chi connectivity index (χ4v) is 6.43.